The van der Waals surface area contributed by atoms with Crippen molar-refractivity contribution in [3.63, 3.8) is 0 Å². The van der Waals surface area contributed by atoms with Crippen molar-refractivity contribution < 1.29 is 17.9 Å². The number of hydrogen-bond donors (Lipinski definition) is 0. The van der Waals surface area contributed by atoms with E-state index in [4.69, 9.17) is 0 Å². The summed E-state index contributed by atoms with van der Waals surface area (Å²) >= 11 is 0. The lowest BCUT2D eigenvalue weighted by Crippen LogP contribution is -2.33. The number of aryl methyl sites for hydroxylation is 1. The molecular formula is C20H25F3N4O. The van der Waals surface area contributed by atoms with E-state index in [0.29, 0.717) is 12.5 Å². The Morgan fingerprint density at radius 3 is 2.46 bits per heavy atom. The second kappa shape index (κ2) is 7.39. The zero-order valence-corrected chi connectivity index (χ0v) is 16.0. The van der Waals surface area contributed by atoms with E-state index in [9.17, 15) is 13.2 Å². The number of benzene rings is 1. The maximum Gasteiger partial charge on any atom is 0.573 e. The summed E-state index contributed by atoms with van der Waals surface area (Å²) in [5.41, 5.74) is 1.21. The Morgan fingerprint density at radius 2 is 1.86 bits per heavy atom. The van der Waals surface area contributed by atoms with Gasteiger partial charge in [0.2, 0.25) is 0 Å². The highest BCUT2D eigenvalue weighted by atomic mass is 19.4. The maximum atomic E-state index is 12.3. The van der Waals surface area contributed by atoms with Crippen LogP contribution in [0.4, 0.5) is 13.2 Å². The maximum absolute atomic E-state index is 12.3. The van der Waals surface area contributed by atoms with Crippen LogP contribution in [0.25, 0.3) is 0 Å². The Kier molecular flexibility index (Phi) is 5.07. The molecule has 2 aromatic rings. The molecule has 2 heterocycles. The van der Waals surface area contributed by atoms with Crippen molar-refractivity contribution >= 4 is 0 Å². The number of hydrogen-bond acceptors (Lipinski definition) is 4. The highest BCUT2D eigenvalue weighted by Crippen LogP contribution is 2.51. The van der Waals surface area contributed by atoms with Gasteiger partial charge < -0.3 is 9.30 Å². The standard InChI is InChI=1S/C20H25F3N4O/c1-26-14-24-25-18(26)17-12-27(13-19(17)9-3-2-4-10-19)11-15-5-7-16(8-6-15)28-20(21,22)23/h5-8,14,17H,2-4,9-13H2,1H3. The topological polar surface area (TPSA) is 43.2 Å². The van der Waals surface area contributed by atoms with Gasteiger partial charge in [-0.05, 0) is 36.0 Å². The van der Waals surface area contributed by atoms with Gasteiger partial charge in [-0.2, -0.15) is 0 Å². The van der Waals surface area contributed by atoms with Crippen LogP contribution in [0, 0.1) is 5.41 Å². The molecular weight excluding hydrogens is 369 g/mol. The van der Waals surface area contributed by atoms with Crippen LogP contribution in [0.15, 0.2) is 30.6 Å². The minimum absolute atomic E-state index is 0.182. The normalized spacial score (nSPS) is 22.6. The van der Waals surface area contributed by atoms with Gasteiger partial charge in [0.15, 0.2) is 0 Å². The number of likely N-dealkylation sites (tertiary alicyclic amines) is 1. The fraction of sp³-hybridized carbons (Fsp3) is 0.600. The molecule has 4 rings (SSSR count). The summed E-state index contributed by atoms with van der Waals surface area (Å²) in [5.74, 6) is 1.20. The average molecular weight is 394 g/mol. The van der Waals surface area contributed by atoms with Crippen LogP contribution in [0.2, 0.25) is 0 Å². The number of alkyl halides is 3. The Labute approximate surface area is 162 Å². The van der Waals surface area contributed by atoms with Gasteiger partial charge in [0, 0.05) is 32.6 Å². The zero-order valence-electron chi connectivity index (χ0n) is 16.0. The lowest BCUT2D eigenvalue weighted by molar-refractivity contribution is -0.274. The molecule has 1 aromatic heterocycles. The van der Waals surface area contributed by atoms with Crippen LogP contribution in [0.1, 0.15) is 49.4 Å². The first-order valence-electron chi connectivity index (χ1n) is 9.76. The molecule has 1 aliphatic carbocycles. The summed E-state index contributed by atoms with van der Waals surface area (Å²) < 4.78 is 43.0. The lowest BCUT2D eigenvalue weighted by atomic mass is 9.67. The molecule has 1 saturated heterocycles. The molecule has 2 aliphatic rings. The van der Waals surface area contributed by atoms with E-state index < -0.39 is 6.36 Å². The van der Waals surface area contributed by atoms with Crippen LogP contribution in [-0.4, -0.2) is 39.1 Å². The van der Waals surface area contributed by atoms with Gasteiger partial charge in [-0.25, -0.2) is 0 Å². The molecule has 152 valence electrons. The Bertz CT molecular complexity index is 797. The van der Waals surface area contributed by atoms with Crippen LogP contribution < -0.4 is 4.74 Å². The van der Waals surface area contributed by atoms with E-state index in [-0.39, 0.29) is 11.2 Å². The number of ether oxygens (including phenoxy) is 1. The first-order valence-corrected chi connectivity index (χ1v) is 9.76. The third kappa shape index (κ3) is 4.01. The second-order valence-corrected chi connectivity index (χ2v) is 8.14. The number of aromatic nitrogens is 3. The van der Waals surface area contributed by atoms with Crippen molar-refractivity contribution in [2.75, 3.05) is 13.1 Å². The zero-order chi connectivity index (χ0) is 19.8. The molecule has 0 bridgehead atoms. The summed E-state index contributed by atoms with van der Waals surface area (Å²) in [6.07, 6.45) is 3.26. The van der Waals surface area contributed by atoms with E-state index >= 15 is 0 Å². The molecule has 28 heavy (non-hydrogen) atoms. The van der Waals surface area contributed by atoms with Crippen LogP contribution in [0.5, 0.6) is 5.75 Å². The molecule has 1 unspecified atom stereocenters. The predicted octanol–water partition coefficient (Wildman–Crippen LogP) is 4.26. The second-order valence-electron chi connectivity index (χ2n) is 8.14. The van der Waals surface area contributed by atoms with E-state index in [1.165, 1.54) is 44.2 Å². The third-order valence-electron chi connectivity index (χ3n) is 6.19. The molecule has 8 heteroatoms. The van der Waals surface area contributed by atoms with Crippen molar-refractivity contribution in [3.8, 4) is 5.75 Å². The largest absolute Gasteiger partial charge is 0.573 e. The van der Waals surface area contributed by atoms with Crippen LogP contribution in [-0.2, 0) is 13.6 Å². The van der Waals surface area contributed by atoms with Gasteiger partial charge >= 0.3 is 6.36 Å². The molecule has 1 saturated carbocycles. The summed E-state index contributed by atoms with van der Waals surface area (Å²) in [6, 6.07) is 6.19. The Morgan fingerprint density at radius 1 is 1.14 bits per heavy atom. The average Bonchev–Trinajstić information content (AvgIpc) is 3.19. The Balaban J connectivity index is 1.49. The highest BCUT2D eigenvalue weighted by molar-refractivity contribution is 5.27. The van der Waals surface area contributed by atoms with E-state index in [2.05, 4.69) is 19.8 Å². The summed E-state index contributed by atoms with van der Waals surface area (Å²) in [7, 11) is 1.99. The molecule has 2 fully saturated rings. The van der Waals surface area contributed by atoms with Gasteiger partial charge in [-0.3, -0.25) is 4.90 Å². The molecule has 1 aromatic carbocycles. The first kappa shape index (κ1) is 19.2. The van der Waals surface area contributed by atoms with Crippen molar-refractivity contribution in [1.82, 2.24) is 19.7 Å². The van der Waals surface area contributed by atoms with Crippen molar-refractivity contribution in [3.05, 3.63) is 42.0 Å². The quantitative estimate of drug-likeness (QED) is 0.777. The minimum Gasteiger partial charge on any atom is -0.406 e. The molecule has 0 N–H and O–H groups in total. The lowest BCUT2D eigenvalue weighted by Gasteiger charge is -2.37. The van der Waals surface area contributed by atoms with Crippen LogP contribution >= 0.6 is 0 Å². The van der Waals surface area contributed by atoms with Gasteiger partial charge in [-0.1, -0.05) is 31.4 Å². The first-order chi connectivity index (χ1) is 13.3. The summed E-state index contributed by atoms with van der Waals surface area (Å²) in [6.45, 7) is 2.60. The van der Waals surface area contributed by atoms with Crippen molar-refractivity contribution in [2.24, 2.45) is 12.5 Å². The number of rotatable bonds is 4. The summed E-state index contributed by atoms with van der Waals surface area (Å²) in [4.78, 5) is 2.41. The van der Waals surface area contributed by atoms with Crippen LogP contribution in [0.3, 0.4) is 0 Å². The SMILES string of the molecule is Cn1cnnc1C1CN(Cc2ccc(OC(F)(F)F)cc2)CC12CCCCC2. The van der Waals surface area contributed by atoms with E-state index in [0.717, 1.165) is 24.5 Å². The number of nitrogens with zero attached hydrogens (tertiary/aromatic N) is 4. The van der Waals surface area contributed by atoms with Gasteiger partial charge in [0.1, 0.15) is 17.9 Å². The summed E-state index contributed by atoms with van der Waals surface area (Å²) in [5, 5.41) is 8.48. The Hall–Kier alpha value is -2.09. The smallest absolute Gasteiger partial charge is 0.406 e. The molecule has 1 atom stereocenters. The van der Waals surface area contributed by atoms with Crippen molar-refractivity contribution in [1.29, 1.82) is 0 Å². The molecule has 1 aliphatic heterocycles. The molecule has 0 amide bonds. The minimum atomic E-state index is -4.66. The fourth-order valence-electron chi connectivity index (χ4n) is 4.97. The van der Waals surface area contributed by atoms with E-state index in [1.54, 1.807) is 18.5 Å². The monoisotopic (exact) mass is 394 g/mol. The van der Waals surface area contributed by atoms with Gasteiger partial charge in [0.25, 0.3) is 0 Å². The third-order valence-corrected chi connectivity index (χ3v) is 6.19. The van der Waals surface area contributed by atoms with Crippen molar-refractivity contribution in [2.45, 2.75) is 50.9 Å². The molecule has 0 radical (unpaired) electrons. The van der Waals surface area contributed by atoms with Gasteiger partial charge in [0.05, 0.1) is 0 Å². The fourth-order valence-corrected chi connectivity index (χ4v) is 4.97. The van der Waals surface area contributed by atoms with E-state index in [1.807, 2.05) is 11.6 Å². The van der Waals surface area contributed by atoms with Gasteiger partial charge in [-0.15, -0.1) is 23.4 Å². The predicted molar refractivity (Wildman–Crippen MR) is 97.7 cm³/mol. The molecule has 5 nitrogen and oxygen atoms in total. The highest BCUT2D eigenvalue weighted by Gasteiger charge is 2.49. The molecule has 1 spiro atoms. The number of halogens is 3.